The number of halogens is 3. The lowest BCUT2D eigenvalue weighted by Crippen LogP contribution is -1.99. The maximum Gasteiger partial charge on any atom is 0.151 e. The van der Waals surface area contributed by atoms with E-state index in [0.29, 0.717) is 5.82 Å². The van der Waals surface area contributed by atoms with Crippen molar-refractivity contribution in [3.63, 3.8) is 0 Å². The zero-order valence-electron chi connectivity index (χ0n) is 6.35. The molecule has 2 aromatic heterocycles. The van der Waals surface area contributed by atoms with Crippen LogP contribution in [0.2, 0.25) is 0 Å². The molecule has 2 heterocycles. The zero-order chi connectivity index (χ0) is 7.84. The Morgan fingerprint density at radius 2 is 2.00 bits per heavy atom. The largest absolute Gasteiger partial charge is 0.382 e. The number of nitrogens with zero attached hydrogens (tertiary/aromatic N) is 3. The summed E-state index contributed by atoms with van der Waals surface area (Å²) in [5, 5.41) is 4.02. The lowest BCUT2D eigenvalue weighted by molar-refractivity contribution is 0.887. The summed E-state index contributed by atoms with van der Waals surface area (Å²) in [6.45, 7) is 0. The van der Waals surface area contributed by atoms with Crippen molar-refractivity contribution in [2.45, 2.75) is 0 Å². The van der Waals surface area contributed by atoms with Gasteiger partial charge in [0, 0.05) is 0 Å². The van der Waals surface area contributed by atoms with Gasteiger partial charge < -0.3 is 5.73 Å². The molecule has 72 valence electrons. The van der Waals surface area contributed by atoms with Gasteiger partial charge in [0.25, 0.3) is 0 Å². The van der Waals surface area contributed by atoms with E-state index in [1.807, 2.05) is 12.1 Å². The van der Waals surface area contributed by atoms with Gasteiger partial charge in [0.2, 0.25) is 0 Å². The van der Waals surface area contributed by atoms with Crippen LogP contribution in [-0.2, 0) is 0 Å². The van der Waals surface area contributed by atoms with Crippen LogP contribution >= 0.6 is 47.4 Å². The number of rotatable bonds is 0. The number of anilines is 1. The quantitative estimate of drug-likeness (QED) is 0.748. The van der Waals surface area contributed by atoms with E-state index in [1.165, 1.54) is 6.33 Å². The molecule has 0 saturated heterocycles. The second kappa shape index (κ2) is 4.83. The highest BCUT2D eigenvalue weighted by atomic mass is 127. The molecule has 0 atom stereocenters. The highest BCUT2D eigenvalue weighted by Gasteiger charge is 2.01. The first-order chi connectivity index (χ1) is 5.29. The standard InChI is InChI=1S/C6H5IN4.2ClH/c7-5-2-1-4-6(8)9-3-10-11(4)5;;/h1-3H,(H2,8,9,10);2*1H. The second-order valence-corrected chi connectivity index (χ2v) is 3.20. The van der Waals surface area contributed by atoms with Crippen molar-refractivity contribution in [3.05, 3.63) is 22.2 Å². The van der Waals surface area contributed by atoms with Crippen LogP contribution in [0.25, 0.3) is 5.52 Å². The van der Waals surface area contributed by atoms with Crippen LogP contribution in [0, 0.1) is 3.70 Å². The first-order valence-electron chi connectivity index (χ1n) is 3.03. The highest BCUT2D eigenvalue weighted by Crippen LogP contribution is 2.13. The summed E-state index contributed by atoms with van der Waals surface area (Å²) in [7, 11) is 0. The molecule has 0 aliphatic heterocycles. The summed E-state index contributed by atoms with van der Waals surface area (Å²) in [5.41, 5.74) is 6.45. The summed E-state index contributed by atoms with van der Waals surface area (Å²) in [4.78, 5) is 3.86. The molecule has 0 aromatic carbocycles. The van der Waals surface area contributed by atoms with Crippen molar-refractivity contribution in [3.8, 4) is 0 Å². The molecule has 0 bridgehead atoms. The Balaban J connectivity index is 0.000000720. The maximum absolute atomic E-state index is 5.59. The van der Waals surface area contributed by atoms with Crippen LogP contribution in [0.1, 0.15) is 0 Å². The molecular formula is C6H7Cl2IN4. The Kier molecular flexibility index (Phi) is 4.72. The van der Waals surface area contributed by atoms with Gasteiger partial charge in [-0.05, 0) is 34.7 Å². The molecule has 0 saturated carbocycles. The fourth-order valence-corrected chi connectivity index (χ4v) is 1.49. The Labute approximate surface area is 101 Å². The topological polar surface area (TPSA) is 56.2 Å². The van der Waals surface area contributed by atoms with Crippen LogP contribution < -0.4 is 5.73 Å². The van der Waals surface area contributed by atoms with Crippen LogP contribution in [0.15, 0.2) is 18.5 Å². The third-order valence-corrected chi connectivity index (χ3v) is 2.25. The molecule has 2 aromatic rings. The van der Waals surface area contributed by atoms with Crippen molar-refractivity contribution in [2.24, 2.45) is 0 Å². The Morgan fingerprint density at radius 1 is 1.31 bits per heavy atom. The third-order valence-electron chi connectivity index (χ3n) is 1.44. The average Bonchev–Trinajstić information content (AvgIpc) is 2.35. The van der Waals surface area contributed by atoms with E-state index in [-0.39, 0.29) is 24.8 Å². The predicted octanol–water partition coefficient (Wildman–Crippen LogP) is 1.76. The smallest absolute Gasteiger partial charge is 0.151 e. The van der Waals surface area contributed by atoms with E-state index < -0.39 is 0 Å². The molecule has 0 aliphatic rings. The second-order valence-electron chi connectivity index (χ2n) is 2.10. The van der Waals surface area contributed by atoms with Gasteiger partial charge >= 0.3 is 0 Å². The Hall–Kier alpha value is -0.270. The zero-order valence-corrected chi connectivity index (χ0v) is 10.1. The molecule has 13 heavy (non-hydrogen) atoms. The monoisotopic (exact) mass is 332 g/mol. The minimum absolute atomic E-state index is 0. The summed E-state index contributed by atoms with van der Waals surface area (Å²) in [6, 6.07) is 3.85. The first-order valence-corrected chi connectivity index (χ1v) is 4.10. The van der Waals surface area contributed by atoms with Crippen LogP contribution in [-0.4, -0.2) is 14.6 Å². The minimum Gasteiger partial charge on any atom is -0.382 e. The molecule has 0 aliphatic carbocycles. The van der Waals surface area contributed by atoms with Crippen LogP contribution in [0.3, 0.4) is 0 Å². The lowest BCUT2D eigenvalue weighted by Gasteiger charge is -1.95. The lowest BCUT2D eigenvalue weighted by atomic mass is 10.5. The molecule has 4 nitrogen and oxygen atoms in total. The molecule has 0 fully saturated rings. The van der Waals surface area contributed by atoms with E-state index in [0.717, 1.165) is 9.22 Å². The number of hydrogen-bond acceptors (Lipinski definition) is 3. The van der Waals surface area contributed by atoms with Crippen molar-refractivity contribution in [1.82, 2.24) is 14.6 Å². The number of hydrogen-bond donors (Lipinski definition) is 1. The van der Waals surface area contributed by atoms with Gasteiger partial charge in [-0.2, -0.15) is 5.10 Å². The molecule has 0 radical (unpaired) electrons. The van der Waals surface area contributed by atoms with Crippen molar-refractivity contribution in [2.75, 3.05) is 5.73 Å². The Bertz CT molecular complexity index is 402. The fraction of sp³-hybridized carbons (Fsp3) is 0. The number of nitrogen functional groups attached to an aromatic ring is 1. The SMILES string of the molecule is Cl.Cl.Nc1ncnn2c(I)ccc12. The van der Waals surface area contributed by atoms with Crippen molar-refractivity contribution < 1.29 is 0 Å². The van der Waals surface area contributed by atoms with E-state index in [2.05, 4.69) is 32.7 Å². The normalized spacial score (nSPS) is 9.00. The first kappa shape index (κ1) is 12.7. The van der Waals surface area contributed by atoms with Gasteiger partial charge in [0.1, 0.15) is 15.5 Å². The van der Waals surface area contributed by atoms with Gasteiger partial charge in [0.15, 0.2) is 5.82 Å². The van der Waals surface area contributed by atoms with Gasteiger partial charge in [-0.1, -0.05) is 0 Å². The average molecular weight is 333 g/mol. The summed E-state index contributed by atoms with van der Waals surface area (Å²) >= 11 is 2.19. The van der Waals surface area contributed by atoms with Gasteiger partial charge in [-0.15, -0.1) is 24.8 Å². The molecule has 2 N–H and O–H groups in total. The van der Waals surface area contributed by atoms with Crippen molar-refractivity contribution >= 4 is 58.7 Å². The summed E-state index contributed by atoms with van der Waals surface area (Å²) in [6.07, 6.45) is 1.45. The highest BCUT2D eigenvalue weighted by molar-refractivity contribution is 14.1. The molecule has 0 unspecified atom stereocenters. The maximum atomic E-state index is 5.59. The van der Waals surface area contributed by atoms with Gasteiger partial charge in [0.05, 0.1) is 0 Å². The molecule has 7 heteroatoms. The van der Waals surface area contributed by atoms with Gasteiger partial charge in [-0.25, -0.2) is 9.50 Å². The summed E-state index contributed by atoms with van der Waals surface area (Å²) < 4.78 is 2.79. The predicted molar refractivity (Wildman–Crippen MR) is 64.6 cm³/mol. The number of nitrogens with two attached hydrogens (primary N) is 1. The molecule has 0 spiro atoms. The van der Waals surface area contributed by atoms with E-state index in [4.69, 9.17) is 5.73 Å². The van der Waals surface area contributed by atoms with E-state index >= 15 is 0 Å². The number of aromatic nitrogens is 3. The Morgan fingerprint density at radius 3 is 2.62 bits per heavy atom. The van der Waals surface area contributed by atoms with Gasteiger partial charge in [-0.3, -0.25) is 0 Å². The van der Waals surface area contributed by atoms with Crippen molar-refractivity contribution in [1.29, 1.82) is 0 Å². The molecule has 0 amide bonds. The van der Waals surface area contributed by atoms with E-state index in [1.54, 1.807) is 4.52 Å². The summed E-state index contributed by atoms with van der Waals surface area (Å²) in [5.74, 6) is 0.517. The molecular weight excluding hydrogens is 326 g/mol. The van der Waals surface area contributed by atoms with Crippen LogP contribution in [0.4, 0.5) is 5.82 Å². The number of fused-ring (bicyclic) bond motifs is 1. The third kappa shape index (κ3) is 2.15. The molecule has 2 rings (SSSR count). The minimum atomic E-state index is 0. The van der Waals surface area contributed by atoms with Crippen LogP contribution in [0.5, 0.6) is 0 Å². The fourth-order valence-electron chi connectivity index (χ4n) is 0.921. The van der Waals surface area contributed by atoms with E-state index in [9.17, 15) is 0 Å².